The average molecular weight is 323 g/mol. The topological polar surface area (TPSA) is 83.5 Å². The highest BCUT2D eigenvalue weighted by Gasteiger charge is 2.34. The van der Waals surface area contributed by atoms with Crippen LogP contribution in [0, 0.1) is 5.92 Å². The highest BCUT2D eigenvalue weighted by atomic mass is 32.2. The van der Waals surface area contributed by atoms with Crippen LogP contribution in [0.5, 0.6) is 0 Å². The molecule has 22 heavy (non-hydrogen) atoms. The maximum absolute atomic E-state index is 12.4. The molecule has 1 aromatic rings. The number of rotatable bonds is 5. The summed E-state index contributed by atoms with van der Waals surface area (Å²) in [5, 5.41) is 8.72. The molecule has 0 aliphatic heterocycles. The largest absolute Gasteiger partial charge is 0.481 e. The Kier molecular flexibility index (Phi) is 4.23. The Bertz CT molecular complexity index is 677. The van der Waals surface area contributed by atoms with E-state index in [2.05, 4.69) is 4.72 Å². The Balaban J connectivity index is 1.65. The minimum absolute atomic E-state index is 0.0914. The van der Waals surface area contributed by atoms with Gasteiger partial charge in [0.1, 0.15) is 0 Å². The lowest BCUT2D eigenvalue weighted by Crippen LogP contribution is -2.44. The molecular weight excluding hydrogens is 302 g/mol. The van der Waals surface area contributed by atoms with Crippen molar-refractivity contribution >= 4 is 16.0 Å². The van der Waals surface area contributed by atoms with Crippen LogP contribution in [0.25, 0.3) is 0 Å². The molecule has 0 radical (unpaired) electrons. The maximum atomic E-state index is 12.4. The number of hydrogen-bond donors (Lipinski definition) is 2. The molecule has 3 rings (SSSR count). The van der Waals surface area contributed by atoms with Gasteiger partial charge < -0.3 is 5.11 Å². The van der Waals surface area contributed by atoms with Crippen LogP contribution in [-0.4, -0.2) is 25.5 Å². The van der Waals surface area contributed by atoms with Crippen molar-refractivity contribution in [3.05, 3.63) is 29.3 Å². The summed E-state index contributed by atoms with van der Waals surface area (Å²) in [5.74, 6) is -0.727. The number of fused-ring (bicyclic) bond motifs is 1. The first-order valence-corrected chi connectivity index (χ1v) is 9.28. The van der Waals surface area contributed by atoms with Crippen LogP contribution in [0.1, 0.15) is 43.2 Å². The fourth-order valence-corrected chi connectivity index (χ4v) is 4.72. The second kappa shape index (κ2) is 6.01. The highest BCUT2D eigenvalue weighted by Crippen LogP contribution is 2.32. The van der Waals surface area contributed by atoms with Crippen molar-refractivity contribution in [1.29, 1.82) is 0 Å². The summed E-state index contributed by atoms with van der Waals surface area (Å²) >= 11 is 0. The number of sulfonamides is 1. The Morgan fingerprint density at radius 3 is 2.55 bits per heavy atom. The number of aryl methyl sites for hydroxylation is 2. The minimum Gasteiger partial charge on any atom is -0.481 e. The number of carboxylic acids is 1. The zero-order chi connectivity index (χ0) is 15.7. The van der Waals surface area contributed by atoms with Crippen LogP contribution in [0.2, 0.25) is 0 Å². The summed E-state index contributed by atoms with van der Waals surface area (Å²) in [5.41, 5.74) is 2.40. The first-order valence-electron chi connectivity index (χ1n) is 7.80. The zero-order valence-corrected chi connectivity index (χ0v) is 13.2. The fourth-order valence-electron chi connectivity index (χ4n) is 3.41. The molecule has 0 amide bonds. The lowest BCUT2D eigenvalue weighted by Gasteiger charge is -2.34. The standard InChI is InChI=1S/C16H21NO4S/c18-16(19)9-11-7-14(8-11)17-22(20,21)15-6-5-12-3-1-2-4-13(12)10-15/h5-6,10-11,14,17H,1-4,7-9H2,(H,18,19). The lowest BCUT2D eigenvalue weighted by molar-refractivity contribution is -0.138. The molecule has 2 aliphatic carbocycles. The summed E-state index contributed by atoms with van der Waals surface area (Å²) in [4.78, 5) is 10.9. The molecule has 1 aromatic carbocycles. The van der Waals surface area contributed by atoms with Crippen molar-refractivity contribution < 1.29 is 18.3 Å². The van der Waals surface area contributed by atoms with E-state index in [-0.39, 0.29) is 18.4 Å². The van der Waals surface area contributed by atoms with Crippen LogP contribution < -0.4 is 4.72 Å². The van der Waals surface area contributed by atoms with Gasteiger partial charge in [0.05, 0.1) is 4.90 Å². The molecule has 120 valence electrons. The quantitative estimate of drug-likeness (QED) is 0.869. The average Bonchev–Trinajstić information content (AvgIpc) is 2.44. The van der Waals surface area contributed by atoms with E-state index in [1.165, 1.54) is 12.0 Å². The fraction of sp³-hybridized carbons (Fsp3) is 0.562. The van der Waals surface area contributed by atoms with Crippen LogP contribution in [0.15, 0.2) is 23.1 Å². The normalized spacial score (nSPS) is 24.4. The van der Waals surface area contributed by atoms with Gasteiger partial charge in [-0.1, -0.05) is 6.07 Å². The Morgan fingerprint density at radius 1 is 1.18 bits per heavy atom. The van der Waals surface area contributed by atoms with Gasteiger partial charge in [-0.3, -0.25) is 4.79 Å². The molecule has 1 fully saturated rings. The highest BCUT2D eigenvalue weighted by molar-refractivity contribution is 7.89. The van der Waals surface area contributed by atoms with Gasteiger partial charge in [0, 0.05) is 12.5 Å². The van der Waals surface area contributed by atoms with Crippen LogP contribution in [0.3, 0.4) is 0 Å². The Morgan fingerprint density at radius 2 is 1.86 bits per heavy atom. The van der Waals surface area contributed by atoms with Gasteiger partial charge in [-0.15, -0.1) is 0 Å². The molecular formula is C16H21NO4S. The third-order valence-corrected chi connectivity index (χ3v) is 6.17. The predicted octanol–water partition coefficient (Wildman–Crippen LogP) is 2.10. The van der Waals surface area contributed by atoms with Gasteiger partial charge in [-0.2, -0.15) is 0 Å². The Labute approximate surface area is 130 Å². The summed E-state index contributed by atoms with van der Waals surface area (Å²) in [6, 6.07) is 5.27. The monoisotopic (exact) mass is 323 g/mol. The molecule has 6 heteroatoms. The van der Waals surface area contributed by atoms with Crippen molar-refractivity contribution in [3.8, 4) is 0 Å². The molecule has 0 saturated heterocycles. The molecule has 0 heterocycles. The predicted molar refractivity (Wildman–Crippen MR) is 82.2 cm³/mol. The van der Waals surface area contributed by atoms with E-state index in [1.807, 2.05) is 6.07 Å². The first-order chi connectivity index (χ1) is 10.4. The summed E-state index contributed by atoms with van der Waals surface area (Å²) in [6.07, 6.45) is 5.60. The van der Waals surface area contributed by atoms with Crippen molar-refractivity contribution in [1.82, 2.24) is 4.72 Å². The molecule has 0 unspecified atom stereocenters. The molecule has 0 spiro atoms. The molecule has 1 saturated carbocycles. The van der Waals surface area contributed by atoms with Gasteiger partial charge in [-0.05, 0) is 67.7 Å². The van der Waals surface area contributed by atoms with E-state index >= 15 is 0 Å². The summed E-state index contributed by atoms with van der Waals surface area (Å²) < 4.78 is 27.5. The van der Waals surface area contributed by atoms with Crippen LogP contribution in [0.4, 0.5) is 0 Å². The smallest absolute Gasteiger partial charge is 0.303 e. The third kappa shape index (κ3) is 3.33. The van der Waals surface area contributed by atoms with E-state index in [1.54, 1.807) is 12.1 Å². The van der Waals surface area contributed by atoms with E-state index in [4.69, 9.17) is 5.11 Å². The number of nitrogens with one attached hydrogen (secondary N) is 1. The van der Waals surface area contributed by atoms with Gasteiger partial charge in [0.2, 0.25) is 10.0 Å². The molecule has 0 bridgehead atoms. The van der Waals surface area contributed by atoms with E-state index < -0.39 is 16.0 Å². The van der Waals surface area contributed by atoms with E-state index in [9.17, 15) is 13.2 Å². The van der Waals surface area contributed by atoms with Crippen LogP contribution >= 0.6 is 0 Å². The molecule has 0 atom stereocenters. The third-order valence-electron chi connectivity index (χ3n) is 4.65. The maximum Gasteiger partial charge on any atom is 0.303 e. The number of carboxylic acid groups (broad SMARTS) is 1. The number of benzene rings is 1. The first kappa shape index (κ1) is 15.5. The molecule has 0 aromatic heterocycles. The van der Waals surface area contributed by atoms with Crippen molar-refractivity contribution in [2.45, 2.75) is 55.9 Å². The van der Waals surface area contributed by atoms with Crippen molar-refractivity contribution in [2.24, 2.45) is 5.92 Å². The van der Waals surface area contributed by atoms with Crippen molar-refractivity contribution in [2.75, 3.05) is 0 Å². The summed E-state index contributed by atoms with van der Waals surface area (Å²) in [6.45, 7) is 0. The van der Waals surface area contributed by atoms with E-state index in [0.29, 0.717) is 17.7 Å². The molecule has 2 aliphatic rings. The van der Waals surface area contributed by atoms with Gasteiger partial charge in [0.15, 0.2) is 0 Å². The molecule has 5 nitrogen and oxygen atoms in total. The number of carbonyl (C=O) groups is 1. The zero-order valence-electron chi connectivity index (χ0n) is 12.4. The molecule has 2 N–H and O–H groups in total. The SMILES string of the molecule is O=C(O)CC1CC(NS(=O)(=O)c2ccc3c(c2)CCCC3)C1. The van der Waals surface area contributed by atoms with Gasteiger partial charge >= 0.3 is 5.97 Å². The van der Waals surface area contributed by atoms with Gasteiger partial charge in [0.25, 0.3) is 0 Å². The van der Waals surface area contributed by atoms with Crippen molar-refractivity contribution in [3.63, 3.8) is 0 Å². The number of aliphatic carboxylic acids is 1. The van der Waals surface area contributed by atoms with Gasteiger partial charge in [-0.25, -0.2) is 13.1 Å². The minimum atomic E-state index is -3.50. The van der Waals surface area contributed by atoms with Crippen LogP contribution in [-0.2, 0) is 27.7 Å². The Hall–Kier alpha value is -1.40. The number of hydrogen-bond acceptors (Lipinski definition) is 3. The summed E-state index contributed by atoms with van der Waals surface area (Å²) in [7, 11) is -3.50. The lowest BCUT2D eigenvalue weighted by atomic mass is 9.79. The second-order valence-electron chi connectivity index (χ2n) is 6.39. The second-order valence-corrected chi connectivity index (χ2v) is 8.11. The van der Waals surface area contributed by atoms with E-state index in [0.717, 1.165) is 24.8 Å².